The molecule has 0 aliphatic carbocycles. The van der Waals surface area contributed by atoms with Gasteiger partial charge in [0.2, 0.25) is 10.0 Å². The quantitative estimate of drug-likeness (QED) is 0.375. The zero-order valence-electron chi connectivity index (χ0n) is 18.8. The van der Waals surface area contributed by atoms with Crippen molar-refractivity contribution in [1.29, 1.82) is 5.26 Å². The Labute approximate surface area is 205 Å². The van der Waals surface area contributed by atoms with Crippen LogP contribution in [-0.2, 0) is 16.2 Å². The molecule has 0 bridgehead atoms. The van der Waals surface area contributed by atoms with Crippen LogP contribution in [-0.4, -0.2) is 36.9 Å². The predicted octanol–water partition coefficient (Wildman–Crippen LogP) is 1.36. The minimum atomic E-state index is -5.21. The van der Waals surface area contributed by atoms with E-state index >= 15 is 0 Å². The number of alkyl halides is 3. The third kappa shape index (κ3) is 5.02. The van der Waals surface area contributed by atoms with Crippen LogP contribution in [0.15, 0.2) is 52.1 Å². The van der Waals surface area contributed by atoms with Crippen molar-refractivity contribution in [2.45, 2.75) is 6.18 Å². The first-order chi connectivity index (χ1) is 17.1. The molecule has 194 valence electrons. The molecule has 16 heteroatoms. The lowest BCUT2D eigenvalue weighted by atomic mass is 10.1. The molecule has 0 atom stereocenters. The van der Waals surface area contributed by atoms with Gasteiger partial charge in [-0.1, -0.05) is 0 Å². The molecule has 0 spiro atoms. The average molecular weight is 541 g/mol. The van der Waals surface area contributed by atoms with Gasteiger partial charge in [-0.05, 0) is 36.4 Å². The van der Waals surface area contributed by atoms with Crippen LogP contribution in [0.3, 0.4) is 0 Å². The van der Waals surface area contributed by atoms with Gasteiger partial charge >= 0.3 is 11.9 Å². The van der Waals surface area contributed by atoms with Crippen molar-refractivity contribution in [3.05, 3.63) is 85.9 Å². The number of nitrogens with two attached hydrogens (primary N) is 1. The number of amides is 1. The molecule has 1 amide bonds. The van der Waals surface area contributed by atoms with E-state index in [1.54, 1.807) is 0 Å². The van der Waals surface area contributed by atoms with Gasteiger partial charge in [0, 0.05) is 11.6 Å². The fourth-order valence-electron chi connectivity index (χ4n) is 3.27. The number of carbonyl (C=O) groups excluding carboxylic acids is 1. The zero-order chi connectivity index (χ0) is 27.9. The number of ether oxygens (including phenoxy) is 1. The number of sulfonamides is 1. The van der Waals surface area contributed by atoms with Gasteiger partial charge in [-0.2, -0.15) is 18.4 Å². The number of hydrogen-bond donors (Lipinski definition) is 1. The third-order valence-corrected chi connectivity index (χ3v) is 5.95. The van der Waals surface area contributed by atoms with Crippen molar-refractivity contribution in [2.75, 3.05) is 23.5 Å². The van der Waals surface area contributed by atoms with Crippen LogP contribution in [0, 0.1) is 17.1 Å². The molecule has 0 fully saturated rings. The topological polar surface area (TPSA) is 157 Å². The number of nitrogens with zero attached hydrogens (tertiary/aromatic N) is 4. The van der Waals surface area contributed by atoms with Crippen LogP contribution >= 0.6 is 0 Å². The Bertz CT molecular complexity index is 1670. The van der Waals surface area contributed by atoms with Crippen LogP contribution in [0.2, 0.25) is 0 Å². The van der Waals surface area contributed by atoms with E-state index in [0.717, 1.165) is 0 Å². The number of methoxy groups -OCH3 is 1. The normalized spacial score (nSPS) is 11.6. The first-order valence-electron chi connectivity index (χ1n) is 9.76. The Morgan fingerprint density at radius 3 is 2.22 bits per heavy atom. The molecule has 0 radical (unpaired) electrons. The second-order valence-corrected chi connectivity index (χ2v) is 9.18. The van der Waals surface area contributed by atoms with E-state index in [1.807, 2.05) is 0 Å². The summed E-state index contributed by atoms with van der Waals surface area (Å²) in [6, 6.07) is 7.39. The largest absolute Gasteiger partial charge is 0.497 e. The summed E-state index contributed by atoms with van der Waals surface area (Å²) >= 11 is 0. The van der Waals surface area contributed by atoms with E-state index < -0.39 is 66.5 Å². The predicted molar refractivity (Wildman–Crippen MR) is 121 cm³/mol. The van der Waals surface area contributed by atoms with Gasteiger partial charge in [-0.15, -0.1) is 0 Å². The van der Waals surface area contributed by atoms with Gasteiger partial charge in [-0.25, -0.2) is 31.2 Å². The Balaban J connectivity index is 2.34. The molecule has 11 nitrogen and oxygen atoms in total. The highest BCUT2D eigenvalue weighted by Crippen LogP contribution is 2.30. The summed E-state index contributed by atoms with van der Waals surface area (Å²) < 4.78 is 84.0. The average Bonchev–Trinajstić information content (AvgIpc) is 2.81. The van der Waals surface area contributed by atoms with E-state index in [-0.39, 0.29) is 20.5 Å². The Morgan fingerprint density at radius 1 is 1.14 bits per heavy atom. The molecular formula is C21H15F4N5O6S. The molecule has 0 aliphatic rings. The maximum Gasteiger partial charge on any atom is 0.433 e. The summed E-state index contributed by atoms with van der Waals surface area (Å²) in [5.41, 5.74) is -8.09. The molecule has 3 rings (SSSR count). The zero-order valence-corrected chi connectivity index (χ0v) is 19.6. The van der Waals surface area contributed by atoms with E-state index in [9.17, 15) is 45.6 Å². The molecule has 1 aromatic heterocycles. The maximum atomic E-state index is 14.9. The van der Waals surface area contributed by atoms with Gasteiger partial charge in [0.1, 0.15) is 17.6 Å². The highest BCUT2D eigenvalue weighted by atomic mass is 32.2. The standard InChI is InChI=1S/C21H15F4N5O6S/c1-36-13-5-3-11(4-6-13)19(32)30(37(2,34)35)15-8-16(14(22)7-12(15)10-26)28-18(31)9-17(21(23,24)25)29(27)20(28)33/h3-9H,27H2,1-2H3. The fraction of sp³-hybridized carbons (Fsp3) is 0.143. The molecule has 2 aromatic carbocycles. The Kier molecular flexibility index (Phi) is 6.86. The summed E-state index contributed by atoms with van der Waals surface area (Å²) in [6.45, 7) is 0. The number of benzene rings is 2. The monoisotopic (exact) mass is 541 g/mol. The summed E-state index contributed by atoms with van der Waals surface area (Å²) in [4.78, 5) is 38.1. The number of rotatable bonds is 5. The number of carbonyl (C=O) groups is 1. The minimum absolute atomic E-state index is 0.0739. The summed E-state index contributed by atoms with van der Waals surface area (Å²) in [5.74, 6) is 2.82. The van der Waals surface area contributed by atoms with Crippen LogP contribution in [0.5, 0.6) is 5.75 Å². The van der Waals surface area contributed by atoms with Crippen molar-refractivity contribution >= 4 is 21.6 Å². The first kappa shape index (κ1) is 26.9. The van der Waals surface area contributed by atoms with Crippen molar-refractivity contribution < 1.29 is 35.5 Å². The lowest BCUT2D eigenvalue weighted by Gasteiger charge is -2.23. The number of nitriles is 1. The van der Waals surface area contributed by atoms with Gasteiger partial charge in [0.05, 0.1) is 30.3 Å². The minimum Gasteiger partial charge on any atom is -0.497 e. The maximum absolute atomic E-state index is 14.9. The molecule has 3 aromatic rings. The molecular weight excluding hydrogens is 526 g/mol. The SMILES string of the molecule is COc1ccc(C(=O)N(c2cc(-n3c(=O)cc(C(F)(F)F)n(N)c3=O)c(F)cc2C#N)S(C)(=O)=O)cc1. The molecule has 1 heterocycles. The summed E-state index contributed by atoms with van der Waals surface area (Å²) in [6.07, 6.45) is -4.62. The van der Waals surface area contributed by atoms with Crippen LogP contribution < -0.4 is 26.1 Å². The number of anilines is 1. The van der Waals surface area contributed by atoms with Crippen LogP contribution in [0.4, 0.5) is 23.2 Å². The second-order valence-electron chi connectivity index (χ2n) is 7.35. The van der Waals surface area contributed by atoms with Crippen molar-refractivity contribution in [1.82, 2.24) is 9.24 Å². The molecule has 0 aliphatic heterocycles. The van der Waals surface area contributed by atoms with Crippen molar-refractivity contribution in [3.8, 4) is 17.5 Å². The van der Waals surface area contributed by atoms with Crippen molar-refractivity contribution in [3.63, 3.8) is 0 Å². The third-order valence-electron chi connectivity index (χ3n) is 4.93. The van der Waals surface area contributed by atoms with Gasteiger partial charge in [0.25, 0.3) is 11.5 Å². The Hall–Kier alpha value is -4.65. The van der Waals surface area contributed by atoms with E-state index in [4.69, 9.17) is 10.6 Å². The summed E-state index contributed by atoms with van der Waals surface area (Å²) in [7, 11) is -3.20. The highest BCUT2D eigenvalue weighted by Gasteiger charge is 2.36. The highest BCUT2D eigenvalue weighted by molar-refractivity contribution is 7.92. The van der Waals surface area contributed by atoms with Gasteiger partial charge < -0.3 is 10.6 Å². The van der Waals surface area contributed by atoms with Crippen molar-refractivity contribution in [2.24, 2.45) is 0 Å². The first-order valence-corrected chi connectivity index (χ1v) is 11.6. The Morgan fingerprint density at radius 2 is 1.73 bits per heavy atom. The molecule has 37 heavy (non-hydrogen) atoms. The van der Waals surface area contributed by atoms with Gasteiger partial charge in [0.15, 0.2) is 5.69 Å². The number of hydrogen-bond acceptors (Lipinski definition) is 8. The molecule has 2 N–H and O–H groups in total. The molecule has 0 unspecified atom stereocenters. The number of halogens is 4. The van der Waals surface area contributed by atoms with Crippen LogP contribution in [0.1, 0.15) is 21.6 Å². The lowest BCUT2D eigenvalue weighted by molar-refractivity contribution is -0.143. The van der Waals surface area contributed by atoms with E-state index in [1.165, 1.54) is 37.4 Å². The number of nitrogen functional groups attached to an aromatic ring is 1. The molecule has 0 saturated heterocycles. The second kappa shape index (κ2) is 9.43. The summed E-state index contributed by atoms with van der Waals surface area (Å²) in [5, 5.41) is 9.47. The van der Waals surface area contributed by atoms with E-state index in [0.29, 0.717) is 24.1 Å². The fourth-order valence-corrected chi connectivity index (χ4v) is 4.18. The smallest absolute Gasteiger partial charge is 0.433 e. The number of aromatic nitrogens is 2. The molecule has 0 saturated carbocycles. The lowest BCUT2D eigenvalue weighted by Crippen LogP contribution is -2.45. The van der Waals surface area contributed by atoms with Crippen LogP contribution in [0.25, 0.3) is 5.69 Å². The van der Waals surface area contributed by atoms with Gasteiger partial charge in [-0.3, -0.25) is 9.59 Å². The van der Waals surface area contributed by atoms with E-state index in [2.05, 4.69) is 0 Å².